The van der Waals surface area contributed by atoms with E-state index in [2.05, 4.69) is 23.3 Å². The number of hydrogen-bond donors (Lipinski definition) is 1. The van der Waals surface area contributed by atoms with E-state index in [0.29, 0.717) is 6.04 Å². The maximum absolute atomic E-state index is 5.69. The molecular weight excluding hydrogens is 212 g/mol. The first kappa shape index (κ1) is 12.4. The Morgan fingerprint density at radius 1 is 1.41 bits per heavy atom. The number of hydrogen-bond acceptors (Lipinski definition) is 3. The Kier molecular flexibility index (Phi) is 3.67. The first-order valence-electron chi connectivity index (χ1n) is 6.40. The average Bonchev–Trinajstić information content (AvgIpc) is 2.96. The fourth-order valence-electron chi connectivity index (χ4n) is 2.39. The van der Waals surface area contributed by atoms with Crippen molar-refractivity contribution in [2.75, 3.05) is 7.05 Å². The number of aromatic nitrogens is 1. The van der Waals surface area contributed by atoms with Gasteiger partial charge < -0.3 is 10.1 Å². The highest BCUT2D eigenvalue weighted by atomic mass is 16.5. The van der Waals surface area contributed by atoms with Gasteiger partial charge in [0.25, 0.3) is 0 Å². The van der Waals surface area contributed by atoms with Gasteiger partial charge in [-0.3, -0.25) is 4.98 Å². The quantitative estimate of drug-likeness (QED) is 0.850. The van der Waals surface area contributed by atoms with E-state index < -0.39 is 0 Å². The maximum Gasteiger partial charge on any atom is 0.138 e. The summed E-state index contributed by atoms with van der Waals surface area (Å²) in [5, 5.41) is 3.40. The molecule has 0 radical (unpaired) electrons. The van der Waals surface area contributed by atoms with Crippen LogP contribution in [0.2, 0.25) is 0 Å². The molecule has 1 saturated carbocycles. The third-order valence-electron chi connectivity index (χ3n) is 3.38. The molecule has 0 saturated heterocycles. The standard InChI is InChI=1S/C14H22N2O/c1-9(2)17-12-6-11(7-16-8-12)14(15-4)13-5-10(13)3/h6-10,13-15H,5H2,1-4H3. The SMILES string of the molecule is CNC(c1cncc(OC(C)C)c1)C1CC1C. The fourth-order valence-corrected chi connectivity index (χ4v) is 2.39. The van der Waals surface area contributed by atoms with E-state index >= 15 is 0 Å². The molecule has 2 rings (SSSR count). The van der Waals surface area contributed by atoms with Crippen LogP contribution >= 0.6 is 0 Å². The predicted octanol–water partition coefficient (Wildman–Crippen LogP) is 2.79. The Bertz CT molecular complexity index is 378. The zero-order valence-electron chi connectivity index (χ0n) is 11.1. The van der Waals surface area contributed by atoms with Crippen LogP contribution in [0.15, 0.2) is 18.5 Å². The third-order valence-corrected chi connectivity index (χ3v) is 3.38. The minimum absolute atomic E-state index is 0.194. The van der Waals surface area contributed by atoms with Gasteiger partial charge in [-0.1, -0.05) is 6.92 Å². The van der Waals surface area contributed by atoms with Crippen molar-refractivity contribution >= 4 is 0 Å². The highest BCUT2D eigenvalue weighted by molar-refractivity contribution is 5.27. The summed E-state index contributed by atoms with van der Waals surface area (Å²) in [6.45, 7) is 6.37. The monoisotopic (exact) mass is 234 g/mol. The Hall–Kier alpha value is -1.09. The predicted molar refractivity (Wildman–Crippen MR) is 69.1 cm³/mol. The molecule has 0 bridgehead atoms. The second kappa shape index (κ2) is 5.05. The van der Waals surface area contributed by atoms with Gasteiger partial charge in [0.05, 0.1) is 12.3 Å². The van der Waals surface area contributed by atoms with Gasteiger partial charge in [0, 0.05) is 12.2 Å². The Labute approximate surface area is 104 Å². The van der Waals surface area contributed by atoms with Crippen molar-refractivity contribution in [3.63, 3.8) is 0 Å². The van der Waals surface area contributed by atoms with E-state index in [0.717, 1.165) is 17.6 Å². The number of nitrogens with one attached hydrogen (secondary N) is 1. The lowest BCUT2D eigenvalue weighted by molar-refractivity contribution is 0.241. The Balaban J connectivity index is 2.13. The molecular formula is C14H22N2O. The Morgan fingerprint density at radius 3 is 2.65 bits per heavy atom. The molecule has 17 heavy (non-hydrogen) atoms. The highest BCUT2D eigenvalue weighted by Gasteiger charge is 2.39. The first-order valence-corrected chi connectivity index (χ1v) is 6.40. The van der Waals surface area contributed by atoms with Gasteiger partial charge in [0.1, 0.15) is 5.75 Å². The minimum atomic E-state index is 0.194. The summed E-state index contributed by atoms with van der Waals surface area (Å²) in [4.78, 5) is 4.28. The molecule has 94 valence electrons. The van der Waals surface area contributed by atoms with E-state index in [9.17, 15) is 0 Å². The highest BCUT2D eigenvalue weighted by Crippen LogP contribution is 2.46. The minimum Gasteiger partial charge on any atom is -0.489 e. The van der Waals surface area contributed by atoms with Crippen molar-refractivity contribution < 1.29 is 4.74 Å². The maximum atomic E-state index is 5.69. The lowest BCUT2D eigenvalue weighted by Gasteiger charge is -2.17. The van der Waals surface area contributed by atoms with Crippen LogP contribution in [0.5, 0.6) is 5.75 Å². The van der Waals surface area contributed by atoms with Crippen molar-refractivity contribution in [2.45, 2.75) is 39.3 Å². The lowest BCUT2D eigenvalue weighted by Crippen LogP contribution is -2.19. The summed E-state index contributed by atoms with van der Waals surface area (Å²) < 4.78 is 5.69. The van der Waals surface area contributed by atoms with Crippen LogP contribution in [-0.4, -0.2) is 18.1 Å². The van der Waals surface area contributed by atoms with E-state index in [1.165, 1.54) is 12.0 Å². The molecule has 3 unspecified atom stereocenters. The van der Waals surface area contributed by atoms with Crippen LogP contribution in [-0.2, 0) is 0 Å². The average molecular weight is 234 g/mol. The van der Waals surface area contributed by atoms with Gasteiger partial charge in [-0.25, -0.2) is 0 Å². The molecule has 1 aromatic heterocycles. The van der Waals surface area contributed by atoms with Crippen molar-refractivity contribution in [1.29, 1.82) is 0 Å². The van der Waals surface area contributed by atoms with Crippen molar-refractivity contribution in [1.82, 2.24) is 10.3 Å². The van der Waals surface area contributed by atoms with E-state index in [-0.39, 0.29) is 6.10 Å². The largest absolute Gasteiger partial charge is 0.489 e. The van der Waals surface area contributed by atoms with E-state index in [1.54, 1.807) is 6.20 Å². The summed E-state index contributed by atoms with van der Waals surface area (Å²) in [7, 11) is 2.02. The molecule has 1 N–H and O–H groups in total. The lowest BCUT2D eigenvalue weighted by atomic mass is 10.0. The number of ether oxygens (including phenoxy) is 1. The molecule has 3 heteroatoms. The molecule has 0 aliphatic heterocycles. The molecule has 0 amide bonds. The third kappa shape index (κ3) is 2.97. The van der Waals surface area contributed by atoms with Crippen LogP contribution in [0, 0.1) is 11.8 Å². The van der Waals surface area contributed by atoms with Crippen molar-refractivity contribution in [2.24, 2.45) is 11.8 Å². The molecule has 1 fully saturated rings. The van der Waals surface area contributed by atoms with Crippen LogP contribution in [0.3, 0.4) is 0 Å². The Morgan fingerprint density at radius 2 is 2.12 bits per heavy atom. The summed E-state index contributed by atoms with van der Waals surface area (Å²) in [6, 6.07) is 2.52. The van der Waals surface area contributed by atoms with Gasteiger partial charge in [-0.15, -0.1) is 0 Å². The second-order valence-electron chi connectivity index (χ2n) is 5.26. The molecule has 3 atom stereocenters. The zero-order valence-corrected chi connectivity index (χ0v) is 11.1. The first-order chi connectivity index (χ1) is 8.11. The van der Waals surface area contributed by atoms with Gasteiger partial charge in [0.2, 0.25) is 0 Å². The topological polar surface area (TPSA) is 34.2 Å². The molecule has 1 aliphatic rings. The molecule has 0 spiro atoms. The van der Waals surface area contributed by atoms with Crippen LogP contribution in [0.25, 0.3) is 0 Å². The van der Waals surface area contributed by atoms with Gasteiger partial charge in [0.15, 0.2) is 0 Å². The zero-order chi connectivity index (χ0) is 12.4. The van der Waals surface area contributed by atoms with Gasteiger partial charge >= 0.3 is 0 Å². The fraction of sp³-hybridized carbons (Fsp3) is 0.643. The van der Waals surface area contributed by atoms with Crippen LogP contribution in [0.4, 0.5) is 0 Å². The van der Waals surface area contributed by atoms with Gasteiger partial charge in [-0.05, 0) is 50.8 Å². The van der Waals surface area contributed by atoms with Crippen molar-refractivity contribution in [3.8, 4) is 5.75 Å². The summed E-state index contributed by atoms with van der Waals surface area (Å²) in [5.41, 5.74) is 1.24. The molecule has 3 nitrogen and oxygen atoms in total. The van der Waals surface area contributed by atoms with Crippen LogP contribution in [0.1, 0.15) is 38.8 Å². The van der Waals surface area contributed by atoms with E-state index in [4.69, 9.17) is 4.74 Å². The van der Waals surface area contributed by atoms with Gasteiger partial charge in [-0.2, -0.15) is 0 Å². The molecule has 0 aromatic carbocycles. The molecule has 1 aliphatic carbocycles. The summed E-state index contributed by atoms with van der Waals surface area (Å²) in [5.74, 6) is 2.43. The summed E-state index contributed by atoms with van der Waals surface area (Å²) >= 11 is 0. The normalized spacial score (nSPS) is 24.8. The number of nitrogens with zero attached hydrogens (tertiary/aromatic N) is 1. The smallest absolute Gasteiger partial charge is 0.138 e. The molecule has 1 aromatic rings. The summed E-state index contributed by atoms with van der Waals surface area (Å²) in [6.07, 6.45) is 5.23. The number of pyridine rings is 1. The van der Waals surface area contributed by atoms with Crippen LogP contribution < -0.4 is 10.1 Å². The van der Waals surface area contributed by atoms with Crippen molar-refractivity contribution in [3.05, 3.63) is 24.0 Å². The number of rotatable bonds is 5. The van der Waals surface area contributed by atoms with E-state index in [1.807, 2.05) is 27.1 Å². The second-order valence-corrected chi connectivity index (χ2v) is 5.26. The molecule has 1 heterocycles.